The summed E-state index contributed by atoms with van der Waals surface area (Å²) in [5.74, 6) is -1.16. The van der Waals surface area contributed by atoms with Gasteiger partial charge in [0, 0.05) is 18.9 Å². The standard InChI is InChI=1S/C15H31NO4S.K/c1-2-3-4-5-6-7-8-9-10-11-14-21(19,20)16-13-12-15(17)18;/h16H,2-14H2,1H3,(H,17,18);/q;+1/p-1. The van der Waals surface area contributed by atoms with Crippen LogP contribution in [0.4, 0.5) is 0 Å². The van der Waals surface area contributed by atoms with Gasteiger partial charge in [-0.05, 0) is 6.42 Å². The summed E-state index contributed by atoms with van der Waals surface area (Å²) in [4.78, 5) is 10.2. The Kier molecular flexibility index (Phi) is 19.4. The third-order valence-corrected chi connectivity index (χ3v) is 4.89. The Labute approximate surface area is 178 Å². The molecule has 0 radical (unpaired) electrons. The van der Waals surface area contributed by atoms with E-state index in [-0.39, 0.29) is 70.1 Å². The summed E-state index contributed by atoms with van der Waals surface area (Å²) < 4.78 is 25.3. The predicted molar refractivity (Wildman–Crippen MR) is 83.3 cm³/mol. The SMILES string of the molecule is CCCCCCCCCCCCS(=O)(=O)NCCC(=O)[O-].[K+]. The molecule has 0 aliphatic heterocycles. The third-order valence-electron chi connectivity index (χ3n) is 3.42. The van der Waals surface area contributed by atoms with Gasteiger partial charge in [0.15, 0.2) is 0 Å². The molecular formula is C15H30KNO4S. The molecule has 0 heterocycles. The van der Waals surface area contributed by atoms with Crippen molar-refractivity contribution < 1.29 is 69.7 Å². The number of carbonyl (C=O) groups is 1. The number of hydrogen-bond donors (Lipinski definition) is 1. The maximum Gasteiger partial charge on any atom is 1.00 e. The van der Waals surface area contributed by atoms with Crippen LogP contribution in [0.1, 0.15) is 77.6 Å². The van der Waals surface area contributed by atoms with E-state index in [4.69, 9.17) is 0 Å². The van der Waals surface area contributed by atoms with Crippen molar-refractivity contribution in [2.24, 2.45) is 0 Å². The van der Waals surface area contributed by atoms with Crippen LogP contribution in [-0.2, 0) is 14.8 Å². The molecule has 0 aromatic heterocycles. The Balaban J connectivity index is 0. The number of carboxylic acid groups (broad SMARTS) is 1. The van der Waals surface area contributed by atoms with Gasteiger partial charge in [0.2, 0.25) is 10.0 Å². The minimum Gasteiger partial charge on any atom is -0.550 e. The molecule has 126 valence electrons. The molecule has 0 unspecified atom stereocenters. The molecule has 0 aromatic rings. The van der Waals surface area contributed by atoms with Gasteiger partial charge >= 0.3 is 51.4 Å². The molecule has 7 heteroatoms. The first kappa shape index (κ1) is 25.3. The predicted octanol–water partition coefficient (Wildman–Crippen LogP) is -1.03. The molecule has 0 bridgehead atoms. The van der Waals surface area contributed by atoms with Crippen LogP contribution in [0.2, 0.25) is 0 Å². The second kappa shape index (κ2) is 16.9. The molecule has 0 rings (SSSR count). The quantitative estimate of drug-likeness (QED) is 0.299. The van der Waals surface area contributed by atoms with Gasteiger partial charge in [0.05, 0.1) is 5.75 Å². The molecule has 0 aliphatic carbocycles. The van der Waals surface area contributed by atoms with E-state index in [0.29, 0.717) is 6.42 Å². The third kappa shape index (κ3) is 19.1. The van der Waals surface area contributed by atoms with Crippen molar-refractivity contribution in [2.75, 3.05) is 12.3 Å². The van der Waals surface area contributed by atoms with Crippen molar-refractivity contribution in [3.63, 3.8) is 0 Å². The number of sulfonamides is 1. The van der Waals surface area contributed by atoms with Crippen LogP contribution in [0.15, 0.2) is 0 Å². The van der Waals surface area contributed by atoms with Crippen LogP contribution < -0.4 is 61.2 Å². The smallest absolute Gasteiger partial charge is 0.550 e. The minimum absolute atomic E-state index is 0. The molecule has 0 amide bonds. The Morgan fingerprint density at radius 3 is 1.82 bits per heavy atom. The zero-order chi connectivity index (χ0) is 16.0. The molecular weight excluding hydrogens is 329 g/mol. The fourth-order valence-corrected chi connectivity index (χ4v) is 3.30. The van der Waals surface area contributed by atoms with Gasteiger partial charge in [0.25, 0.3) is 0 Å². The summed E-state index contributed by atoms with van der Waals surface area (Å²) in [6.07, 6.45) is 11.3. The molecule has 0 aliphatic rings. The van der Waals surface area contributed by atoms with Gasteiger partial charge in [-0.15, -0.1) is 0 Å². The first-order chi connectivity index (χ1) is 9.98. The van der Waals surface area contributed by atoms with Gasteiger partial charge in [-0.25, -0.2) is 13.1 Å². The molecule has 1 N–H and O–H groups in total. The average molecular weight is 360 g/mol. The Bertz CT molecular complexity index is 361. The van der Waals surface area contributed by atoms with Crippen molar-refractivity contribution in [1.82, 2.24) is 4.72 Å². The Hall–Kier alpha value is 1.02. The van der Waals surface area contributed by atoms with Gasteiger partial charge in [-0.2, -0.15) is 0 Å². The Morgan fingerprint density at radius 2 is 1.36 bits per heavy atom. The molecule has 5 nitrogen and oxygen atoms in total. The molecule has 0 saturated carbocycles. The summed E-state index contributed by atoms with van der Waals surface area (Å²) in [5, 5.41) is 10.2. The van der Waals surface area contributed by atoms with Gasteiger partial charge in [-0.3, -0.25) is 0 Å². The van der Waals surface area contributed by atoms with Crippen molar-refractivity contribution in [2.45, 2.75) is 77.6 Å². The van der Waals surface area contributed by atoms with E-state index in [1.165, 1.54) is 44.9 Å². The van der Waals surface area contributed by atoms with Gasteiger partial charge in [0.1, 0.15) is 0 Å². The first-order valence-corrected chi connectivity index (χ1v) is 9.80. The van der Waals surface area contributed by atoms with Crippen LogP contribution in [0, 0.1) is 0 Å². The number of aliphatic carboxylic acids is 1. The van der Waals surface area contributed by atoms with Crippen molar-refractivity contribution >= 4 is 16.0 Å². The maximum absolute atomic E-state index is 11.5. The Morgan fingerprint density at radius 1 is 0.909 bits per heavy atom. The van der Waals surface area contributed by atoms with E-state index in [2.05, 4.69) is 11.6 Å². The van der Waals surface area contributed by atoms with Gasteiger partial charge in [-0.1, -0.05) is 64.7 Å². The normalized spacial score (nSPS) is 11.1. The van der Waals surface area contributed by atoms with E-state index in [9.17, 15) is 18.3 Å². The largest absolute Gasteiger partial charge is 1.00 e. The minimum atomic E-state index is -3.33. The molecule has 0 fully saturated rings. The number of carbonyl (C=O) groups excluding carboxylic acids is 1. The summed E-state index contributed by atoms with van der Waals surface area (Å²) in [7, 11) is -3.33. The monoisotopic (exact) mass is 359 g/mol. The van der Waals surface area contributed by atoms with Crippen LogP contribution in [-0.4, -0.2) is 26.7 Å². The average Bonchev–Trinajstić information content (AvgIpc) is 2.40. The zero-order valence-corrected chi connectivity index (χ0v) is 18.2. The fraction of sp³-hybridized carbons (Fsp3) is 0.933. The second-order valence-electron chi connectivity index (χ2n) is 5.52. The second-order valence-corrected chi connectivity index (χ2v) is 7.44. The van der Waals surface area contributed by atoms with Crippen LogP contribution >= 0.6 is 0 Å². The van der Waals surface area contributed by atoms with E-state index >= 15 is 0 Å². The topological polar surface area (TPSA) is 86.3 Å². The van der Waals surface area contributed by atoms with E-state index < -0.39 is 16.0 Å². The van der Waals surface area contributed by atoms with Crippen molar-refractivity contribution in [3.8, 4) is 0 Å². The zero-order valence-electron chi connectivity index (χ0n) is 14.2. The molecule has 0 saturated heterocycles. The maximum atomic E-state index is 11.5. The van der Waals surface area contributed by atoms with Crippen molar-refractivity contribution in [1.29, 1.82) is 0 Å². The molecule has 0 spiro atoms. The summed E-state index contributed by atoms with van der Waals surface area (Å²) in [6.45, 7) is 2.13. The summed E-state index contributed by atoms with van der Waals surface area (Å²) >= 11 is 0. The van der Waals surface area contributed by atoms with Crippen LogP contribution in [0.3, 0.4) is 0 Å². The molecule has 0 aromatic carbocycles. The number of rotatable bonds is 15. The number of hydrogen-bond acceptors (Lipinski definition) is 4. The number of nitrogens with one attached hydrogen (secondary N) is 1. The molecule has 22 heavy (non-hydrogen) atoms. The van der Waals surface area contributed by atoms with Crippen LogP contribution in [0.25, 0.3) is 0 Å². The van der Waals surface area contributed by atoms with Crippen molar-refractivity contribution in [3.05, 3.63) is 0 Å². The van der Waals surface area contributed by atoms with E-state index in [0.717, 1.165) is 12.8 Å². The first-order valence-electron chi connectivity index (χ1n) is 8.15. The van der Waals surface area contributed by atoms with Crippen LogP contribution in [0.5, 0.6) is 0 Å². The molecule has 0 atom stereocenters. The number of unbranched alkanes of at least 4 members (excludes halogenated alkanes) is 9. The van der Waals surface area contributed by atoms with Gasteiger partial charge < -0.3 is 9.90 Å². The van der Waals surface area contributed by atoms with E-state index in [1.54, 1.807) is 0 Å². The number of carboxylic acids is 1. The summed E-state index contributed by atoms with van der Waals surface area (Å²) in [6, 6.07) is 0. The fourth-order valence-electron chi connectivity index (χ4n) is 2.16. The van der Waals surface area contributed by atoms with E-state index in [1.807, 2.05) is 0 Å². The summed E-state index contributed by atoms with van der Waals surface area (Å²) in [5.41, 5.74) is 0.